The van der Waals surface area contributed by atoms with Gasteiger partial charge in [0, 0.05) is 18.3 Å². The molecule has 6 nitrogen and oxygen atoms in total. The first-order valence-corrected chi connectivity index (χ1v) is 10.4. The average Bonchev–Trinajstić information content (AvgIpc) is 3.46. The topological polar surface area (TPSA) is 59.4 Å². The molecular weight excluding hydrogens is 376 g/mol. The lowest BCUT2D eigenvalue weighted by Gasteiger charge is -2.28. The summed E-state index contributed by atoms with van der Waals surface area (Å²) in [6, 6.07) is 15.8. The summed E-state index contributed by atoms with van der Waals surface area (Å²) < 4.78 is 7.09. The van der Waals surface area contributed by atoms with Gasteiger partial charge in [-0.2, -0.15) is 5.10 Å². The van der Waals surface area contributed by atoms with Gasteiger partial charge in [0.2, 0.25) is 0 Å². The van der Waals surface area contributed by atoms with Crippen LogP contribution in [-0.2, 0) is 0 Å². The number of benzene rings is 2. The Labute approximate surface area is 177 Å². The number of carbonyl (C=O) groups excluding carboxylic acids is 1. The molecule has 1 aliphatic rings. The van der Waals surface area contributed by atoms with Crippen LogP contribution < -0.4 is 10.1 Å². The van der Waals surface area contributed by atoms with Crippen LogP contribution in [0, 0.1) is 6.92 Å². The number of rotatable bonds is 7. The molecule has 4 rings (SSSR count). The van der Waals surface area contributed by atoms with Crippen molar-refractivity contribution in [3.63, 3.8) is 0 Å². The van der Waals surface area contributed by atoms with E-state index in [0.717, 1.165) is 30.1 Å². The minimum Gasteiger partial charge on any atom is -0.497 e. The summed E-state index contributed by atoms with van der Waals surface area (Å²) >= 11 is 0. The van der Waals surface area contributed by atoms with Crippen molar-refractivity contribution < 1.29 is 9.53 Å². The molecule has 2 aromatic carbocycles. The third-order valence-corrected chi connectivity index (χ3v) is 5.64. The third kappa shape index (κ3) is 4.54. The molecule has 156 valence electrons. The van der Waals surface area contributed by atoms with Crippen LogP contribution in [0.2, 0.25) is 0 Å². The summed E-state index contributed by atoms with van der Waals surface area (Å²) in [5.41, 5.74) is 3.89. The highest BCUT2D eigenvalue weighted by molar-refractivity contribution is 5.94. The molecule has 1 aromatic heterocycles. The number of likely N-dealkylation sites (tertiary alicyclic amines) is 1. The number of hydrogen-bond donors (Lipinski definition) is 1. The first-order chi connectivity index (χ1) is 14.6. The molecule has 1 unspecified atom stereocenters. The molecule has 0 bridgehead atoms. The Morgan fingerprint density at radius 3 is 2.40 bits per heavy atom. The van der Waals surface area contributed by atoms with E-state index in [1.807, 2.05) is 60.4 Å². The fourth-order valence-corrected chi connectivity index (χ4v) is 3.95. The molecule has 1 fully saturated rings. The molecule has 0 aliphatic carbocycles. The van der Waals surface area contributed by atoms with Crippen LogP contribution in [0.3, 0.4) is 0 Å². The molecule has 0 saturated carbocycles. The first kappa shape index (κ1) is 20.2. The van der Waals surface area contributed by atoms with Crippen LogP contribution in [0.1, 0.15) is 40.4 Å². The fraction of sp³-hybridized carbons (Fsp3) is 0.333. The molecule has 1 N–H and O–H groups in total. The summed E-state index contributed by atoms with van der Waals surface area (Å²) in [6.07, 6.45) is 6.19. The van der Waals surface area contributed by atoms with Crippen molar-refractivity contribution in [1.29, 1.82) is 0 Å². The van der Waals surface area contributed by atoms with Crippen molar-refractivity contribution in [2.24, 2.45) is 0 Å². The van der Waals surface area contributed by atoms with Crippen molar-refractivity contribution in [3.8, 4) is 11.4 Å². The molecule has 6 heteroatoms. The Kier molecular flexibility index (Phi) is 6.14. The number of hydrogen-bond acceptors (Lipinski definition) is 4. The Hall–Kier alpha value is -3.12. The van der Waals surface area contributed by atoms with Gasteiger partial charge in [0.05, 0.1) is 25.0 Å². The summed E-state index contributed by atoms with van der Waals surface area (Å²) in [5, 5.41) is 7.44. The summed E-state index contributed by atoms with van der Waals surface area (Å²) in [4.78, 5) is 15.2. The van der Waals surface area contributed by atoms with E-state index in [9.17, 15) is 4.79 Å². The first-order valence-electron chi connectivity index (χ1n) is 10.4. The number of aryl methyl sites for hydroxylation is 1. The molecule has 1 aliphatic heterocycles. The zero-order valence-electron chi connectivity index (χ0n) is 17.5. The van der Waals surface area contributed by atoms with E-state index in [4.69, 9.17) is 4.74 Å². The fourth-order valence-electron chi connectivity index (χ4n) is 3.95. The monoisotopic (exact) mass is 404 g/mol. The smallest absolute Gasteiger partial charge is 0.251 e. The van der Waals surface area contributed by atoms with E-state index in [2.05, 4.69) is 27.4 Å². The third-order valence-electron chi connectivity index (χ3n) is 5.64. The lowest BCUT2D eigenvalue weighted by molar-refractivity contribution is 0.0938. The summed E-state index contributed by atoms with van der Waals surface area (Å²) in [6.45, 7) is 4.70. The molecule has 2 heterocycles. The number of amides is 1. The average molecular weight is 405 g/mol. The molecule has 30 heavy (non-hydrogen) atoms. The molecule has 0 radical (unpaired) electrons. The predicted octanol–water partition coefficient (Wildman–Crippen LogP) is 3.76. The zero-order valence-corrected chi connectivity index (χ0v) is 17.5. The number of methoxy groups -OCH3 is 1. The van der Waals surface area contributed by atoms with Gasteiger partial charge in [-0.05, 0) is 80.4 Å². The highest BCUT2D eigenvalue weighted by Crippen LogP contribution is 2.26. The largest absolute Gasteiger partial charge is 0.497 e. The lowest BCUT2D eigenvalue weighted by atomic mass is 10.0. The number of nitrogens with one attached hydrogen (secondary N) is 1. The highest BCUT2D eigenvalue weighted by atomic mass is 16.5. The van der Waals surface area contributed by atoms with Crippen molar-refractivity contribution in [2.45, 2.75) is 25.8 Å². The van der Waals surface area contributed by atoms with Gasteiger partial charge in [-0.25, -0.2) is 4.68 Å². The SMILES string of the molecule is COc1ccc(C(CNC(=O)c2ccc(-n3cc(C)cn3)cc2)N2CCCC2)cc1. The van der Waals surface area contributed by atoms with Crippen LogP contribution in [0.25, 0.3) is 5.69 Å². The van der Waals surface area contributed by atoms with Crippen LogP contribution in [0.4, 0.5) is 0 Å². The minimum absolute atomic E-state index is 0.0593. The maximum atomic E-state index is 12.8. The Morgan fingerprint density at radius 2 is 1.80 bits per heavy atom. The second-order valence-electron chi connectivity index (χ2n) is 7.75. The van der Waals surface area contributed by atoms with E-state index in [1.54, 1.807) is 7.11 Å². The van der Waals surface area contributed by atoms with Gasteiger partial charge in [0.25, 0.3) is 5.91 Å². The number of aromatic nitrogens is 2. The Balaban J connectivity index is 1.44. The summed E-state index contributed by atoms with van der Waals surface area (Å²) in [7, 11) is 1.67. The van der Waals surface area contributed by atoms with Gasteiger partial charge < -0.3 is 10.1 Å². The second-order valence-corrected chi connectivity index (χ2v) is 7.75. The normalized spacial score (nSPS) is 15.1. The molecule has 0 spiro atoms. The van der Waals surface area contributed by atoms with Crippen LogP contribution in [-0.4, -0.2) is 47.3 Å². The quantitative estimate of drug-likeness (QED) is 0.651. The molecular formula is C24H28N4O2. The minimum atomic E-state index is -0.0593. The maximum absolute atomic E-state index is 12.8. The Morgan fingerprint density at radius 1 is 1.10 bits per heavy atom. The number of ether oxygens (including phenoxy) is 1. The molecule has 1 amide bonds. The van der Waals surface area contributed by atoms with E-state index >= 15 is 0 Å². The van der Waals surface area contributed by atoms with E-state index in [0.29, 0.717) is 12.1 Å². The molecule has 1 saturated heterocycles. The standard InChI is InChI=1S/C24H28N4O2/c1-18-15-26-28(17-18)21-9-5-20(6-10-21)24(29)25-16-23(27-13-3-4-14-27)19-7-11-22(30-2)12-8-19/h5-12,15,17,23H,3-4,13-14,16H2,1-2H3,(H,25,29). The zero-order chi connectivity index (χ0) is 20.9. The van der Waals surface area contributed by atoms with Gasteiger partial charge in [-0.15, -0.1) is 0 Å². The van der Waals surface area contributed by atoms with E-state index in [1.165, 1.54) is 18.4 Å². The summed E-state index contributed by atoms with van der Waals surface area (Å²) in [5.74, 6) is 0.784. The predicted molar refractivity (Wildman–Crippen MR) is 117 cm³/mol. The van der Waals surface area contributed by atoms with Crippen molar-refractivity contribution in [3.05, 3.63) is 77.6 Å². The van der Waals surface area contributed by atoms with E-state index < -0.39 is 0 Å². The van der Waals surface area contributed by atoms with Gasteiger partial charge in [-0.1, -0.05) is 12.1 Å². The lowest BCUT2D eigenvalue weighted by Crippen LogP contribution is -2.36. The number of nitrogens with zero attached hydrogens (tertiary/aromatic N) is 3. The number of carbonyl (C=O) groups is 1. The maximum Gasteiger partial charge on any atom is 0.251 e. The van der Waals surface area contributed by atoms with Gasteiger partial charge in [0.1, 0.15) is 5.75 Å². The van der Waals surface area contributed by atoms with Gasteiger partial charge in [-0.3, -0.25) is 9.69 Å². The molecule has 1 atom stereocenters. The Bertz CT molecular complexity index is 973. The highest BCUT2D eigenvalue weighted by Gasteiger charge is 2.24. The van der Waals surface area contributed by atoms with Crippen LogP contribution in [0.5, 0.6) is 5.75 Å². The van der Waals surface area contributed by atoms with E-state index in [-0.39, 0.29) is 11.9 Å². The van der Waals surface area contributed by atoms with Crippen molar-refractivity contribution in [1.82, 2.24) is 20.0 Å². The van der Waals surface area contributed by atoms with Crippen LogP contribution >= 0.6 is 0 Å². The van der Waals surface area contributed by atoms with Gasteiger partial charge in [0.15, 0.2) is 0 Å². The molecule has 3 aromatic rings. The van der Waals surface area contributed by atoms with Crippen molar-refractivity contribution >= 4 is 5.91 Å². The van der Waals surface area contributed by atoms with Crippen molar-refractivity contribution in [2.75, 3.05) is 26.7 Å². The second kappa shape index (κ2) is 9.13. The van der Waals surface area contributed by atoms with Crippen LogP contribution in [0.15, 0.2) is 60.9 Å². The van der Waals surface area contributed by atoms with Gasteiger partial charge >= 0.3 is 0 Å².